The smallest absolute Gasteiger partial charge is 0.0450 e. The van der Waals surface area contributed by atoms with E-state index < -0.39 is 0 Å². The van der Waals surface area contributed by atoms with Gasteiger partial charge in [0.2, 0.25) is 0 Å². The molecule has 1 rings (SSSR count). The molecule has 1 heteroatoms. The summed E-state index contributed by atoms with van der Waals surface area (Å²) in [7, 11) is 0. The van der Waals surface area contributed by atoms with Crippen LogP contribution in [0.25, 0.3) is 0 Å². The molecule has 0 atom stereocenters. The Balaban J connectivity index is 3.00. The van der Waals surface area contributed by atoms with Gasteiger partial charge in [-0.05, 0) is 31.4 Å². The second-order valence-electron chi connectivity index (χ2n) is 3.43. The molecule has 0 bridgehead atoms. The Morgan fingerprint density at radius 1 is 1.36 bits per heavy atom. The van der Waals surface area contributed by atoms with Gasteiger partial charge < -0.3 is 0 Å². The standard InChI is InChI=1S/C13H17N/c1-5-11(3)14-12(4)13-9-7-6-8-10(13)2/h6-9H,3,5H2,1-2,4H3. The summed E-state index contributed by atoms with van der Waals surface area (Å²) in [5, 5.41) is 0. The largest absolute Gasteiger partial charge is 0.258 e. The van der Waals surface area contributed by atoms with E-state index in [2.05, 4.69) is 37.6 Å². The minimum atomic E-state index is 0.906. The van der Waals surface area contributed by atoms with Crippen molar-refractivity contribution in [1.29, 1.82) is 0 Å². The maximum absolute atomic E-state index is 4.45. The third kappa shape index (κ3) is 2.56. The fourth-order valence-corrected chi connectivity index (χ4v) is 1.36. The number of hydrogen-bond donors (Lipinski definition) is 0. The third-order valence-electron chi connectivity index (χ3n) is 2.27. The molecule has 0 aliphatic carbocycles. The summed E-state index contributed by atoms with van der Waals surface area (Å²) in [5.41, 5.74) is 4.46. The van der Waals surface area contributed by atoms with Gasteiger partial charge in [-0.2, -0.15) is 0 Å². The minimum Gasteiger partial charge on any atom is -0.258 e. The number of nitrogens with zero attached hydrogens (tertiary/aromatic N) is 1. The molecular formula is C13H17N. The van der Waals surface area contributed by atoms with E-state index in [0.717, 1.165) is 17.8 Å². The van der Waals surface area contributed by atoms with Crippen molar-refractivity contribution in [1.82, 2.24) is 0 Å². The van der Waals surface area contributed by atoms with E-state index in [1.807, 2.05) is 19.1 Å². The molecular weight excluding hydrogens is 170 g/mol. The molecule has 1 aromatic rings. The van der Waals surface area contributed by atoms with Gasteiger partial charge in [-0.15, -0.1) is 0 Å². The molecule has 14 heavy (non-hydrogen) atoms. The zero-order valence-electron chi connectivity index (χ0n) is 9.17. The van der Waals surface area contributed by atoms with Crippen LogP contribution in [-0.2, 0) is 0 Å². The minimum absolute atomic E-state index is 0.906. The van der Waals surface area contributed by atoms with Gasteiger partial charge in [0.25, 0.3) is 0 Å². The number of hydrogen-bond acceptors (Lipinski definition) is 1. The highest BCUT2D eigenvalue weighted by atomic mass is 14.7. The maximum atomic E-state index is 4.45. The van der Waals surface area contributed by atoms with Crippen molar-refractivity contribution in [3.8, 4) is 0 Å². The normalized spacial score (nSPS) is 11.5. The lowest BCUT2D eigenvalue weighted by Gasteiger charge is -2.05. The van der Waals surface area contributed by atoms with Crippen molar-refractivity contribution in [2.24, 2.45) is 4.99 Å². The first kappa shape index (κ1) is 10.7. The lowest BCUT2D eigenvalue weighted by atomic mass is 10.1. The highest BCUT2D eigenvalue weighted by Gasteiger charge is 2.00. The summed E-state index contributed by atoms with van der Waals surface area (Å²) in [4.78, 5) is 4.45. The first-order chi connectivity index (χ1) is 6.65. The SMILES string of the molecule is C=C(CC)N=C(C)c1ccccc1C. The molecule has 1 aromatic carbocycles. The Labute approximate surface area is 86.2 Å². The topological polar surface area (TPSA) is 12.4 Å². The summed E-state index contributed by atoms with van der Waals surface area (Å²) in [5.74, 6) is 0. The highest BCUT2D eigenvalue weighted by Crippen LogP contribution is 2.10. The number of rotatable bonds is 3. The quantitative estimate of drug-likeness (QED) is 0.639. The molecule has 0 aromatic heterocycles. The van der Waals surface area contributed by atoms with Crippen LogP contribution in [-0.4, -0.2) is 5.71 Å². The average molecular weight is 187 g/mol. The maximum Gasteiger partial charge on any atom is 0.0450 e. The molecule has 0 saturated heterocycles. The van der Waals surface area contributed by atoms with E-state index in [1.165, 1.54) is 11.1 Å². The van der Waals surface area contributed by atoms with Gasteiger partial charge in [0.05, 0.1) is 0 Å². The molecule has 0 aliphatic rings. The van der Waals surface area contributed by atoms with Crippen LogP contribution >= 0.6 is 0 Å². The molecule has 0 fully saturated rings. The Hall–Kier alpha value is -1.37. The monoisotopic (exact) mass is 187 g/mol. The Bertz CT molecular complexity index is 361. The van der Waals surface area contributed by atoms with Gasteiger partial charge in [-0.3, -0.25) is 4.99 Å². The van der Waals surface area contributed by atoms with Crippen LogP contribution < -0.4 is 0 Å². The second-order valence-corrected chi connectivity index (χ2v) is 3.43. The summed E-state index contributed by atoms with van der Waals surface area (Å²) in [6.45, 7) is 10.1. The van der Waals surface area contributed by atoms with Crippen molar-refractivity contribution in [2.45, 2.75) is 27.2 Å². The highest BCUT2D eigenvalue weighted by molar-refractivity contribution is 6.00. The molecule has 0 spiro atoms. The van der Waals surface area contributed by atoms with E-state index in [-0.39, 0.29) is 0 Å². The van der Waals surface area contributed by atoms with E-state index in [0.29, 0.717) is 0 Å². The fraction of sp³-hybridized carbons (Fsp3) is 0.308. The summed E-state index contributed by atoms with van der Waals surface area (Å²) in [6, 6.07) is 8.27. The molecule has 0 unspecified atom stereocenters. The predicted octanol–water partition coefficient (Wildman–Crippen LogP) is 3.73. The lowest BCUT2D eigenvalue weighted by molar-refractivity contribution is 1.08. The lowest BCUT2D eigenvalue weighted by Crippen LogP contribution is -1.97. The second kappa shape index (κ2) is 4.75. The first-order valence-corrected chi connectivity index (χ1v) is 4.94. The van der Waals surface area contributed by atoms with Crippen LogP contribution in [0.3, 0.4) is 0 Å². The summed E-state index contributed by atoms with van der Waals surface area (Å²) >= 11 is 0. The van der Waals surface area contributed by atoms with Gasteiger partial charge >= 0.3 is 0 Å². The van der Waals surface area contributed by atoms with E-state index in [9.17, 15) is 0 Å². The number of benzene rings is 1. The molecule has 1 nitrogen and oxygen atoms in total. The van der Waals surface area contributed by atoms with Crippen LogP contribution in [0.4, 0.5) is 0 Å². The van der Waals surface area contributed by atoms with Crippen molar-refractivity contribution in [3.05, 3.63) is 47.7 Å². The van der Waals surface area contributed by atoms with Gasteiger partial charge in [0, 0.05) is 11.4 Å². The molecule has 0 heterocycles. The third-order valence-corrected chi connectivity index (χ3v) is 2.27. The fourth-order valence-electron chi connectivity index (χ4n) is 1.36. The van der Waals surface area contributed by atoms with Crippen molar-refractivity contribution in [3.63, 3.8) is 0 Å². The van der Waals surface area contributed by atoms with Crippen LogP contribution in [0.1, 0.15) is 31.4 Å². The number of aliphatic imine (C=N–C) groups is 1. The number of allylic oxidation sites excluding steroid dienone is 1. The van der Waals surface area contributed by atoms with E-state index in [4.69, 9.17) is 0 Å². The van der Waals surface area contributed by atoms with Crippen molar-refractivity contribution in [2.75, 3.05) is 0 Å². The van der Waals surface area contributed by atoms with Crippen LogP contribution in [0, 0.1) is 6.92 Å². The van der Waals surface area contributed by atoms with Crippen LogP contribution in [0.5, 0.6) is 0 Å². The van der Waals surface area contributed by atoms with Crippen LogP contribution in [0.2, 0.25) is 0 Å². The molecule has 0 radical (unpaired) electrons. The first-order valence-electron chi connectivity index (χ1n) is 4.94. The van der Waals surface area contributed by atoms with Gasteiger partial charge in [-0.1, -0.05) is 37.8 Å². The van der Waals surface area contributed by atoms with E-state index >= 15 is 0 Å². The Kier molecular flexibility index (Phi) is 3.63. The Morgan fingerprint density at radius 3 is 2.57 bits per heavy atom. The zero-order valence-corrected chi connectivity index (χ0v) is 9.17. The van der Waals surface area contributed by atoms with Gasteiger partial charge in [-0.25, -0.2) is 0 Å². The summed E-state index contributed by atoms with van der Waals surface area (Å²) < 4.78 is 0. The van der Waals surface area contributed by atoms with Gasteiger partial charge in [0.15, 0.2) is 0 Å². The Morgan fingerprint density at radius 2 is 2.00 bits per heavy atom. The predicted molar refractivity (Wildman–Crippen MR) is 62.8 cm³/mol. The number of aryl methyl sites for hydroxylation is 1. The zero-order chi connectivity index (χ0) is 10.6. The van der Waals surface area contributed by atoms with Gasteiger partial charge in [0.1, 0.15) is 0 Å². The molecule has 74 valence electrons. The molecule has 0 N–H and O–H groups in total. The van der Waals surface area contributed by atoms with Crippen molar-refractivity contribution < 1.29 is 0 Å². The molecule has 0 aliphatic heterocycles. The van der Waals surface area contributed by atoms with E-state index in [1.54, 1.807) is 0 Å². The van der Waals surface area contributed by atoms with Crippen LogP contribution in [0.15, 0.2) is 41.5 Å². The summed E-state index contributed by atoms with van der Waals surface area (Å²) in [6.07, 6.45) is 0.906. The molecule has 0 amide bonds. The molecule has 0 saturated carbocycles. The van der Waals surface area contributed by atoms with Crippen molar-refractivity contribution >= 4 is 5.71 Å². The average Bonchev–Trinajstić information content (AvgIpc) is 2.18.